The fourth-order valence-corrected chi connectivity index (χ4v) is 3.53. The molecule has 8 heteroatoms. The first-order valence-electron chi connectivity index (χ1n) is 9.71. The van der Waals surface area contributed by atoms with E-state index in [2.05, 4.69) is 15.4 Å². The Labute approximate surface area is 177 Å². The van der Waals surface area contributed by atoms with Crippen LogP contribution in [0.25, 0.3) is 10.9 Å². The average Bonchev–Trinajstić information content (AvgIpc) is 3.30. The summed E-state index contributed by atoms with van der Waals surface area (Å²) in [5.41, 5.74) is 3.09. The Morgan fingerprint density at radius 2 is 1.94 bits per heavy atom. The molecule has 4 aromatic rings. The van der Waals surface area contributed by atoms with Crippen molar-refractivity contribution in [3.05, 3.63) is 76.6 Å². The number of aromatic nitrogens is 3. The number of benzene rings is 2. The molecular formula is C23H20N4O4. The molecule has 0 saturated carbocycles. The summed E-state index contributed by atoms with van der Waals surface area (Å²) in [6, 6.07) is 13.2. The molecule has 0 radical (unpaired) electrons. The Bertz CT molecular complexity index is 1330. The summed E-state index contributed by atoms with van der Waals surface area (Å²) in [6.45, 7) is 4.29. The van der Waals surface area contributed by atoms with Crippen LogP contribution in [0.15, 0.2) is 48.5 Å². The first-order valence-corrected chi connectivity index (χ1v) is 9.71. The zero-order chi connectivity index (χ0) is 22.1. The largest absolute Gasteiger partial charge is 0.494 e. The maximum Gasteiger partial charge on any atom is 0.273 e. The van der Waals surface area contributed by atoms with E-state index in [0.29, 0.717) is 46.2 Å². The minimum Gasteiger partial charge on any atom is -0.494 e. The van der Waals surface area contributed by atoms with Crippen molar-refractivity contribution in [2.75, 3.05) is 5.32 Å². The first-order chi connectivity index (χ1) is 14.9. The van der Waals surface area contributed by atoms with Crippen LogP contribution in [-0.4, -0.2) is 37.8 Å². The van der Waals surface area contributed by atoms with Gasteiger partial charge in [0.2, 0.25) is 0 Å². The highest BCUT2D eigenvalue weighted by Gasteiger charge is 2.16. The molecule has 2 heterocycles. The van der Waals surface area contributed by atoms with Crippen LogP contribution in [0, 0.1) is 6.92 Å². The highest BCUT2D eigenvalue weighted by atomic mass is 16.3. The molecule has 2 aromatic heterocycles. The van der Waals surface area contributed by atoms with Crippen molar-refractivity contribution in [2.45, 2.75) is 20.4 Å². The van der Waals surface area contributed by atoms with Gasteiger partial charge in [-0.25, -0.2) is 0 Å². The third-order valence-electron chi connectivity index (χ3n) is 5.01. The molecular weight excluding hydrogens is 396 g/mol. The Morgan fingerprint density at radius 3 is 2.68 bits per heavy atom. The smallest absolute Gasteiger partial charge is 0.273 e. The Hall–Kier alpha value is -4.20. The Balaban J connectivity index is 1.60. The van der Waals surface area contributed by atoms with Crippen molar-refractivity contribution in [1.82, 2.24) is 14.8 Å². The van der Waals surface area contributed by atoms with Gasteiger partial charge in [0.15, 0.2) is 17.9 Å². The van der Waals surface area contributed by atoms with Gasteiger partial charge in [0.1, 0.15) is 5.69 Å². The molecule has 3 N–H and O–H groups in total. The van der Waals surface area contributed by atoms with E-state index >= 15 is 0 Å². The highest BCUT2D eigenvalue weighted by molar-refractivity contribution is 6.12. The van der Waals surface area contributed by atoms with Gasteiger partial charge in [-0.1, -0.05) is 24.3 Å². The second-order valence-electron chi connectivity index (χ2n) is 7.12. The lowest BCUT2D eigenvalue weighted by Crippen LogP contribution is -2.17. The van der Waals surface area contributed by atoms with Crippen molar-refractivity contribution < 1.29 is 19.5 Å². The van der Waals surface area contributed by atoms with Crippen LogP contribution in [-0.2, 0) is 6.54 Å². The van der Waals surface area contributed by atoms with Crippen LogP contribution >= 0.6 is 0 Å². The second kappa shape index (κ2) is 7.91. The number of ketones is 1. The molecule has 4 rings (SSSR count). The van der Waals surface area contributed by atoms with Crippen molar-refractivity contribution in [3.8, 4) is 5.88 Å². The topological polar surface area (TPSA) is 117 Å². The SMILES string of the molecule is CCn1nc(C)cc1C(=O)Nc1cccc(C(=O)c2ccc3c(C=O)c(O)[nH]c3c2)c1. The standard InChI is InChI=1S/C23H20N4O4/c1-3-27-20(9-13(2)26-27)23(31)24-16-6-4-5-14(10-16)21(29)15-7-8-17-18(12-28)22(30)25-19(17)11-15/h4-12,25,30H,3H2,1-2H3,(H,24,31). The van der Waals surface area contributed by atoms with Gasteiger partial charge in [-0.05, 0) is 38.1 Å². The summed E-state index contributed by atoms with van der Waals surface area (Å²) < 4.78 is 1.62. The fraction of sp³-hybridized carbons (Fsp3) is 0.130. The second-order valence-corrected chi connectivity index (χ2v) is 7.12. The number of hydrogen-bond donors (Lipinski definition) is 3. The van der Waals surface area contributed by atoms with Crippen LogP contribution in [0.4, 0.5) is 5.69 Å². The Kier molecular flexibility index (Phi) is 5.12. The summed E-state index contributed by atoms with van der Waals surface area (Å²) in [5.74, 6) is -0.799. The molecule has 0 bridgehead atoms. The molecule has 156 valence electrons. The van der Waals surface area contributed by atoms with Gasteiger partial charge in [0, 0.05) is 34.3 Å². The molecule has 1 amide bonds. The molecule has 0 unspecified atom stereocenters. The molecule has 8 nitrogen and oxygen atoms in total. The van der Waals surface area contributed by atoms with E-state index in [4.69, 9.17) is 0 Å². The van der Waals surface area contributed by atoms with Crippen LogP contribution in [0.5, 0.6) is 5.88 Å². The minimum atomic E-state index is -0.309. The molecule has 0 fully saturated rings. The maximum atomic E-state index is 13.0. The number of amides is 1. The molecule has 0 saturated heterocycles. The third kappa shape index (κ3) is 3.71. The molecule has 2 aromatic carbocycles. The van der Waals surface area contributed by atoms with E-state index in [-0.39, 0.29) is 23.1 Å². The molecule has 0 atom stereocenters. The number of aromatic amines is 1. The number of nitrogens with zero attached hydrogens (tertiary/aromatic N) is 2. The molecule has 0 spiro atoms. The van der Waals surface area contributed by atoms with Gasteiger partial charge in [0.05, 0.1) is 11.3 Å². The molecule has 0 aliphatic carbocycles. The summed E-state index contributed by atoms with van der Waals surface area (Å²) in [7, 11) is 0. The van der Waals surface area contributed by atoms with Crippen LogP contribution in [0.3, 0.4) is 0 Å². The molecule has 0 aliphatic rings. The first kappa shape index (κ1) is 20.1. The van der Waals surface area contributed by atoms with E-state index in [1.807, 2.05) is 13.8 Å². The number of H-pyrrole nitrogens is 1. The number of nitrogens with one attached hydrogen (secondary N) is 2. The van der Waals surface area contributed by atoms with Crippen molar-refractivity contribution in [3.63, 3.8) is 0 Å². The summed E-state index contributed by atoms with van der Waals surface area (Å²) in [6.07, 6.45) is 0.563. The lowest BCUT2D eigenvalue weighted by molar-refractivity contribution is 0.101. The predicted molar refractivity (Wildman–Crippen MR) is 116 cm³/mol. The van der Waals surface area contributed by atoms with Crippen molar-refractivity contribution in [1.29, 1.82) is 0 Å². The van der Waals surface area contributed by atoms with E-state index in [0.717, 1.165) is 5.69 Å². The minimum absolute atomic E-state index is 0.153. The zero-order valence-electron chi connectivity index (χ0n) is 17.0. The van der Waals surface area contributed by atoms with E-state index in [1.165, 1.54) is 0 Å². The van der Waals surface area contributed by atoms with Gasteiger partial charge < -0.3 is 15.4 Å². The van der Waals surface area contributed by atoms with Crippen LogP contribution in [0.2, 0.25) is 0 Å². The third-order valence-corrected chi connectivity index (χ3v) is 5.01. The average molecular weight is 416 g/mol. The number of carbonyl (C=O) groups excluding carboxylic acids is 3. The fourth-order valence-electron chi connectivity index (χ4n) is 3.53. The van der Waals surface area contributed by atoms with E-state index < -0.39 is 0 Å². The molecule has 31 heavy (non-hydrogen) atoms. The summed E-state index contributed by atoms with van der Waals surface area (Å²) in [4.78, 5) is 39.5. The van der Waals surface area contributed by atoms with Crippen LogP contribution in [0.1, 0.15) is 49.4 Å². The lowest BCUT2D eigenvalue weighted by Gasteiger charge is -2.08. The van der Waals surface area contributed by atoms with Gasteiger partial charge in [-0.15, -0.1) is 0 Å². The van der Waals surface area contributed by atoms with Crippen molar-refractivity contribution >= 4 is 34.6 Å². The normalized spacial score (nSPS) is 10.9. The summed E-state index contributed by atoms with van der Waals surface area (Å²) in [5, 5.41) is 17.4. The lowest BCUT2D eigenvalue weighted by atomic mass is 10.0. The van der Waals surface area contributed by atoms with Crippen molar-refractivity contribution in [2.24, 2.45) is 0 Å². The number of fused-ring (bicyclic) bond motifs is 1. The van der Waals surface area contributed by atoms with E-state index in [9.17, 15) is 19.5 Å². The highest BCUT2D eigenvalue weighted by Crippen LogP contribution is 2.27. The monoisotopic (exact) mass is 416 g/mol. The quantitative estimate of drug-likeness (QED) is 0.327. The number of rotatable bonds is 6. The number of aromatic hydroxyl groups is 1. The molecule has 0 aliphatic heterocycles. The predicted octanol–water partition coefficient (Wildman–Crippen LogP) is 3.69. The number of hydrogen-bond acceptors (Lipinski definition) is 5. The van der Waals surface area contributed by atoms with Gasteiger partial charge in [0.25, 0.3) is 5.91 Å². The summed E-state index contributed by atoms with van der Waals surface area (Å²) >= 11 is 0. The van der Waals surface area contributed by atoms with Gasteiger partial charge in [-0.2, -0.15) is 5.10 Å². The number of carbonyl (C=O) groups is 3. The van der Waals surface area contributed by atoms with E-state index in [1.54, 1.807) is 53.2 Å². The Morgan fingerprint density at radius 1 is 1.16 bits per heavy atom. The maximum absolute atomic E-state index is 13.0. The number of anilines is 1. The number of aldehydes is 1. The van der Waals surface area contributed by atoms with Gasteiger partial charge >= 0.3 is 0 Å². The number of aryl methyl sites for hydroxylation is 2. The zero-order valence-corrected chi connectivity index (χ0v) is 17.0. The van der Waals surface area contributed by atoms with Crippen LogP contribution < -0.4 is 5.32 Å². The van der Waals surface area contributed by atoms with Gasteiger partial charge in [-0.3, -0.25) is 19.1 Å².